The van der Waals surface area contributed by atoms with Crippen LogP contribution in [0.1, 0.15) is 45.6 Å². The van der Waals surface area contributed by atoms with E-state index in [1.807, 2.05) is 0 Å². The smallest absolute Gasteiger partial charge is 0.269 e. The van der Waals surface area contributed by atoms with Crippen LogP contribution in [0.25, 0.3) is 0 Å². The third-order valence-corrected chi connectivity index (χ3v) is 4.57. The summed E-state index contributed by atoms with van der Waals surface area (Å²) in [5.74, 6) is 1.99. The molecule has 0 aliphatic heterocycles. The molecule has 1 aliphatic rings. The first-order valence-electron chi connectivity index (χ1n) is 7.82. The lowest BCUT2D eigenvalue weighted by Gasteiger charge is -2.37. The van der Waals surface area contributed by atoms with Crippen molar-refractivity contribution in [3.05, 3.63) is 39.9 Å². The van der Waals surface area contributed by atoms with E-state index >= 15 is 0 Å². The van der Waals surface area contributed by atoms with Gasteiger partial charge in [0.1, 0.15) is 0 Å². The number of hydrogen-bond acceptors (Lipinski definition) is 3. The highest BCUT2D eigenvalue weighted by atomic mass is 16.6. The molecule has 1 saturated carbocycles. The lowest BCUT2D eigenvalue weighted by atomic mass is 9.75. The van der Waals surface area contributed by atoms with Gasteiger partial charge >= 0.3 is 0 Å². The molecule has 0 heterocycles. The summed E-state index contributed by atoms with van der Waals surface area (Å²) in [6.45, 7) is 7.36. The Bertz CT molecular complexity index is 469. The second-order valence-electron chi connectivity index (χ2n) is 6.60. The molecule has 116 valence electrons. The van der Waals surface area contributed by atoms with E-state index in [1.165, 1.54) is 12.8 Å². The van der Waals surface area contributed by atoms with Crippen LogP contribution in [-0.2, 0) is 11.3 Å². The van der Waals surface area contributed by atoms with E-state index in [2.05, 4.69) is 20.8 Å². The Labute approximate surface area is 126 Å². The molecule has 1 aromatic rings. The van der Waals surface area contributed by atoms with Gasteiger partial charge < -0.3 is 4.74 Å². The standard InChI is InChI=1S/C17H25NO3/c1-12(2)16-9-4-13(3)10-17(16)21-11-14-5-7-15(8-6-14)18(19)20/h5-8,12-13,16-17H,4,9-11H2,1-3H3/t13-,16+,17-/m1/s1. The first kappa shape index (κ1) is 16.0. The first-order valence-corrected chi connectivity index (χ1v) is 7.82. The molecule has 4 nitrogen and oxygen atoms in total. The highest BCUT2D eigenvalue weighted by Gasteiger charge is 2.31. The highest BCUT2D eigenvalue weighted by Crippen LogP contribution is 2.35. The van der Waals surface area contributed by atoms with Gasteiger partial charge in [-0.15, -0.1) is 0 Å². The van der Waals surface area contributed by atoms with Crippen molar-refractivity contribution < 1.29 is 9.66 Å². The lowest BCUT2D eigenvalue weighted by molar-refractivity contribution is -0.384. The first-order chi connectivity index (χ1) is 9.97. The number of non-ortho nitro benzene ring substituents is 1. The van der Waals surface area contributed by atoms with Gasteiger partial charge in [-0.25, -0.2) is 0 Å². The van der Waals surface area contributed by atoms with E-state index in [0.29, 0.717) is 24.5 Å². The van der Waals surface area contributed by atoms with Crippen molar-refractivity contribution in [1.82, 2.24) is 0 Å². The molecular formula is C17H25NO3. The van der Waals surface area contributed by atoms with Gasteiger partial charge in [0, 0.05) is 12.1 Å². The van der Waals surface area contributed by atoms with Crippen LogP contribution in [-0.4, -0.2) is 11.0 Å². The largest absolute Gasteiger partial charge is 0.373 e. The fraction of sp³-hybridized carbons (Fsp3) is 0.647. The van der Waals surface area contributed by atoms with Crippen LogP contribution < -0.4 is 0 Å². The Balaban J connectivity index is 1.95. The van der Waals surface area contributed by atoms with E-state index in [9.17, 15) is 10.1 Å². The minimum absolute atomic E-state index is 0.130. The van der Waals surface area contributed by atoms with E-state index in [0.717, 1.165) is 17.9 Å². The van der Waals surface area contributed by atoms with Crippen LogP contribution in [0.2, 0.25) is 0 Å². The van der Waals surface area contributed by atoms with Crippen LogP contribution >= 0.6 is 0 Å². The van der Waals surface area contributed by atoms with E-state index in [1.54, 1.807) is 24.3 Å². The van der Waals surface area contributed by atoms with Gasteiger partial charge in [0.2, 0.25) is 0 Å². The third kappa shape index (κ3) is 4.27. The number of hydrogen-bond donors (Lipinski definition) is 0. The summed E-state index contributed by atoms with van der Waals surface area (Å²) >= 11 is 0. The van der Waals surface area contributed by atoms with Crippen molar-refractivity contribution in [3.63, 3.8) is 0 Å². The topological polar surface area (TPSA) is 52.4 Å². The van der Waals surface area contributed by atoms with Gasteiger partial charge in [-0.2, -0.15) is 0 Å². The maximum absolute atomic E-state index is 10.6. The predicted molar refractivity (Wildman–Crippen MR) is 83.0 cm³/mol. The Hall–Kier alpha value is -1.42. The van der Waals surface area contributed by atoms with Crippen molar-refractivity contribution in [2.75, 3.05) is 0 Å². The Morgan fingerprint density at radius 3 is 2.52 bits per heavy atom. The zero-order valence-electron chi connectivity index (χ0n) is 13.1. The minimum Gasteiger partial charge on any atom is -0.373 e. The number of nitro benzene ring substituents is 1. The summed E-state index contributed by atoms with van der Waals surface area (Å²) in [6.07, 6.45) is 3.96. The summed E-state index contributed by atoms with van der Waals surface area (Å²) < 4.78 is 6.14. The van der Waals surface area contributed by atoms with E-state index in [-0.39, 0.29) is 10.6 Å². The molecule has 3 atom stereocenters. The molecule has 1 fully saturated rings. The summed E-state index contributed by atoms with van der Waals surface area (Å²) in [7, 11) is 0. The fourth-order valence-electron chi connectivity index (χ4n) is 3.22. The summed E-state index contributed by atoms with van der Waals surface area (Å²) in [5, 5.41) is 10.6. The highest BCUT2D eigenvalue weighted by molar-refractivity contribution is 5.32. The number of rotatable bonds is 5. The Morgan fingerprint density at radius 2 is 1.95 bits per heavy atom. The predicted octanol–water partition coefficient (Wildman–Crippen LogP) is 4.57. The molecule has 0 amide bonds. The normalized spacial score (nSPS) is 26.0. The van der Waals surface area contributed by atoms with Crippen LogP contribution in [0.15, 0.2) is 24.3 Å². The van der Waals surface area contributed by atoms with Gasteiger partial charge in [0.15, 0.2) is 0 Å². The summed E-state index contributed by atoms with van der Waals surface area (Å²) in [5.41, 5.74) is 1.13. The maximum Gasteiger partial charge on any atom is 0.269 e. The molecule has 0 spiro atoms. The number of nitrogens with zero attached hydrogens (tertiary/aromatic N) is 1. The molecule has 0 radical (unpaired) electrons. The molecule has 0 bridgehead atoms. The summed E-state index contributed by atoms with van der Waals surface area (Å²) in [4.78, 5) is 10.3. The lowest BCUT2D eigenvalue weighted by Crippen LogP contribution is -2.34. The Kier molecular flexibility index (Phi) is 5.34. The van der Waals surface area contributed by atoms with Crippen molar-refractivity contribution >= 4 is 5.69 Å². The second-order valence-corrected chi connectivity index (χ2v) is 6.60. The monoisotopic (exact) mass is 291 g/mol. The van der Waals surface area contributed by atoms with Gasteiger partial charge in [0.25, 0.3) is 5.69 Å². The Morgan fingerprint density at radius 1 is 1.29 bits per heavy atom. The molecule has 2 rings (SSSR count). The molecule has 1 aliphatic carbocycles. The molecule has 0 saturated heterocycles. The number of ether oxygens (including phenoxy) is 1. The molecule has 1 aromatic carbocycles. The quantitative estimate of drug-likeness (QED) is 0.589. The zero-order chi connectivity index (χ0) is 15.4. The third-order valence-electron chi connectivity index (χ3n) is 4.57. The molecule has 0 N–H and O–H groups in total. The van der Waals surface area contributed by atoms with Gasteiger partial charge in [-0.3, -0.25) is 10.1 Å². The average Bonchev–Trinajstić information content (AvgIpc) is 2.45. The van der Waals surface area contributed by atoms with Crippen molar-refractivity contribution in [2.24, 2.45) is 17.8 Å². The molecule has 0 unspecified atom stereocenters. The second kappa shape index (κ2) is 7.03. The molecule has 0 aromatic heterocycles. The minimum atomic E-state index is -0.373. The molecule has 4 heteroatoms. The van der Waals surface area contributed by atoms with Crippen molar-refractivity contribution in [1.29, 1.82) is 0 Å². The van der Waals surface area contributed by atoms with Crippen LogP contribution in [0.3, 0.4) is 0 Å². The maximum atomic E-state index is 10.6. The van der Waals surface area contributed by atoms with Gasteiger partial charge in [-0.05, 0) is 48.3 Å². The van der Waals surface area contributed by atoms with Crippen LogP contribution in [0.4, 0.5) is 5.69 Å². The van der Waals surface area contributed by atoms with E-state index < -0.39 is 0 Å². The van der Waals surface area contributed by atoms with E-state index in [4.69, 9.17) is 4.74 Å². The SMILES string of the molecule is CC(C)[C@@H]1CC[C@@H](C)C[C@H]1OCc1ccc([N+](=O)[O-])cc1. The number of benzene rings is 1. The van der Waals surface area contributed by atoms with Crippen LogP contribution in [0.5, 0.6) is 0 Å². The van der Waals surface area contributed by atoms with Gasteiger partial charge in [-0.1, -0.05) is 27.2 Å². The summed E-state index contributed by atoms with van der Waals surface area (Å²) in [6, 6.07) is 6.66. The van der Waals surface area contributed by atoms with Crippen molar-refractivity contribution in [2.45, 2.75) is 52.7 Å². The van der Waals surface area contributed by atoms with Crippen LogP contribution in [0, 0.1) is 27.9 Å². The molecular weight excluding hydrogens is 266 g/mol. The van der Waals surface area contributed by atoms with Gasteiger partial charge in [0.05, 0.1) is 17.6 Å². The fourth-order valence-corrected chi connectivity index (χ4v) is 3.22. The van der Waals surface area contributed by atoms with Crippen molar-refractivity contribution in [3.8, 4) is 0 Å². The molecule has 21 heavy (non-hydrogen) atoms. The number of nitro groups is 1. The zero-order valence-corrected chi connectivity index (χ0v) is 13.1. The average molecular weight is 291 g/mol.